The van der Waals surface area contributed by atoms with Crippen molar-refractivity contribution in [3.8, 4) is 0 Å². The van der Waals surface area contributed by atoms with Gasteiger partial charge in [0.2, 0.25) is 0 Å². The fourth-order valence-corrected chi connectivity index (χ4v) is 3.74. The van der Waals surface area contributed by atoms with Crippen molar-refractivity contribution in [3.63, 3.8) is 0 Å². The van der Waals surface area contributed by atoms with Crippen molar-refractivity contribution < 1.29 is 57.2 Å². The van der Waals surface area contributed by atoms with E-state index < -0.39 is 58.5 Å². The van der Waals surface area contributed by atoms with Gasteiger partial charge in [-0.1, -0.05) is 38.5 Å². The summed E-state index contributed by atoms with van der Waals surface area (Å²) >= 11 is 0. The zero-order chi connectivity index (χ0) is 35.2. The summed E-state index contributed by atoms with van der Waals surface area (Å²) in [7, 11) is 0. The van der Waals surface area contributed by atoms with Gasteiger partial charge >= 0.3 is 35.8 Å². The highest BCUT2D eigenvalue weighted by atomic mass is 16.6. The lowest BCUT2D eigenvalue weighted by atomic mass is 9.83. The third-order valence-corrected chi connectivity index (χ3v) is 6.76. The molecular formula is C34H46O12. The molecule has 0 heterocycles. The fraction of sp³-hybridized carbons (Fsp3) is 0.529. The second kappa shape index (κ2) is 17.9. The molecule has 0 aromatic rings. The minimum absolute atomic E-state index is 0.160. The molecule has 1 aliphatic carbocycles. The van der Waals surface area contributed by atoms with Crippen LogP contribution < -0.4 is 0 Å². The van der Waals surface area contributed by atoms with Crippen LogP contribution in [-0.2, 0) is 57.2 Å². The summed E-state index contributed by atoms with van der Waals surface area (Å²) in [5.41, 5.74) is -1.62. The summed E-state index contributed by atoms with van der Waals surface area (Å²) in [5.74, 6) is -5.90. The number of hydrogen-bond acceptors (Lipinski definition) is 12. The first kappa shape index (κ1) is 39.5. The molecule has 0 aromatic heterocycles. The second-order valence-corrected chi connectivity index (χ2v) is 12.4. The van der Waals surface area contributed by atoms with E-state index in [2.05, 4.69) is 26.3 Å². The molecule has 0 saturated heterocycles. The molecule has 0 spiro atoms. The van der Waals surface area contributed by atoms with Crippen LogP contribution in [-0.4, -0.2) is 75.5 Å². The zero-order valence-corrected chi connectivity index (χ0v) is 27.7. The van der Waals surface area contributed by atoms with Gasteiger partial charge in [0, 0.05) is 22.3 Å². The second-order valence-electron chi connectivity index (χ2n) is 12.4. The van der Waals surface area contributed by atoms with Crippen molar-refractivity contribution in [1.29, 1.82) is 0 Å². The topological polar surface area (TPSA) is 158 Å². The van der Waals surface area contributed by atoms with E-state index in [4.69, 9.17) is 28.4 Å². The van der Waals surface area contributed by atoms with Crippen LogP contribution >= 0.6 is 0 Å². The fourth-order valence-electron chi connectivity index (χ4n) is 3.74. The van der Waals surface area contributed by atoms with E-state index in [0.29, 0.717) is 0 Å². The number of carbonyl (C=O) groups excluding carboxylic acids is 6. The SMILES string of the molecule is C=C(C)C(=O)OCC(C)(COC(=O)C(=C)C)COC(=O)C1CC=CCC1C(=O)OCC(C)(COC(=O)C(=C)C)COC(=O)C(=C)C. The molecule has 0 saturated carbocycles. The summed E-state index contributed by atoms with van der Waals surface area (Å²) < 4.78 is 32.2. The summed E-state index contributed by atoms with van der Waals surface area (Å²) in [5, 5.41) is 0. The molecule has 0 fully saturated rings. The van der Waals surface area contributed by atoms with Crippen molar-refractivity contribution in [1.82, 2.24) is 0 Å². The Hall–Kier alpha value is -4.48. The Bertz CT molecular complexity index is 1110. The van der Waals surface area contributed by atoms with Gasteiger partial charge < -0.3 is 28.4 Å². The lowest BCUT2D eigenvalue weighted by Gasteiger charge is -2.32. The normalized spacial score (nSPS) is 15.9. The highest BCUT2D eigenvalue weighted by molar-refractivity contribution is 5.88. The van der Waals surface area contributed by atoms with Crippen LogP contribution in [0.3, 0.4) is 0 Å². The van der Waals surface area contributed by atoms with Gasteiger partial charge in [0.05, 0.1) is 22.7 Å². The predicted octanol–water partition coefficient (Wildman–Crippen LogP) is 4.15. The van der Waals surface area contributed by atoms with Crippen LogP contribution in [0, 0.1) is 22.7 Å². The van der Waals surface area contributed by atoms with Gasteiger partial charge in [-0.25, -0.2) is 19.2 Å². The summed E-state index contributed by atoms with van der Waals surface area (Å²) in [4.78, 5) is 74.6. The van der Waals surface area contributed by atoms with E-state index in [-0.39, 0.29) is 74.8 Å². The quantitative estimate of drug-likeness (QED) is 0.0908. The Kier molecular flexibility index (Phi) is 15.4. The summed E-state index contributed by atoms with van der Waals surface area (Å²) in [6.07, 6.45) is 3.87. The van der Waals surface area contributed by atoms with E-state index in [0.717, 1.165) is 0 Å². The number of ether oxygens (including phenoxy) is 6. The first-order valence-corrected chi connectivity index (χ1v) is 14.6. The van der Waals surface area contributed by atoms with Crippen LogP contribution in [0.15, 0.2) is 60.8 Å². The first-order chi connectivity index (χ1) is 21.3. The molecule has 0 N–H and O–H groups in total. The number of hydrogen-bond donors (Lipinski definition) is 0. The van der Waals surface area contributed by atoms with Crippen LogP contribution in [0.1, 0.15) is 54.4 Å². The molecule has 12 heteroatoms. The monoisotopic (exact) mass is 646 g/mol. The average Bonchev–Trinajstić information content (AvgIpc) is 3.01. The Morgan fingerprint density at radius 2 is 0.717 bits per heavy atom. The molecule has 12 nitrogen and oxygen atoms in total. The number of carbonyl (C=O) groups is 6. The number of esters is 6. The van der Waals surface area contributed by atoms with Crippen molar-refractivity contribution in [3.05, 3.63) is 60.8 Å². The van der Waals surface area contributed by atoms with Crippen molar-refractivity contribution in [2.24, 2.45) is 22.7 Å². The van der Waals surface area contributed by atoms with Gasteiger partial charge in [0.15, 0.2) is 0 Å². The summed E-state index contributed by atoms with van der Waals surface area (Å²) in [6.45, 7) is 21.6. The van der Waals surface area contributed by atoms with Crippen molar-refractivity contribution >= 4 is 35.8 Å². The molecule has 0 aliphatic heterocycles. The number of allylic oxidation sites excluding steroid dienone is 2. The third kappa shape index (κ3) is 13.3. The van der Waals surface area contributed by atoms with E-state index in [1.807, 2.05) is 0 Å². The van der Waals surface area contributed by atoms with E-state index in [9.17, 15) is 28.8 Å². The number of rotatable bonds is 18. The first-order valence-electron chi connectivity index (χ1n) is 14.6. The maximum Gasteiger partial charge on any atom is 0.333 e. The van der Waals surface area contributed by atoms with E-state index in [1.54, 1.807) is 26.0 Å². The van der Waals surface area contributed by atoms with Crippen LogP contribution in [0.5, 0.6) is 0 Å². The van der Waals surface area contributed by atoms with Gasteiger partial charge in [-0.15, -0.1) is 0 Å². The molecule has 1 aliphatic rings. The lowest BCUT2D eigenvalue weighted by Crippen LogP contribution is -2.41. The molecule has 0 aromatic carbocycles. The Labute approximate surface area is 270 Å². The molecule has 1 rings (SSSR count). The average molecular weight is 647 g/mol. The Balaban J connectivity index is 3.02. The van der Waals surface area contributed by atoms with Gasteiger partial charge in [0.1, 0.15) is 39.6 Å². The molecule has 2 atom stereocenters. The lowest BCUT2D eigenvalue weighted by molar-refractivity contribution is -0.170. The van der Waals surface area contributed by atoms with Crippen molar-refractivity contribution in [2.45, 2.75) is 54.4 Å². The smallest absolute Gasteiger partial charge is 0.333 e. The molecular weight excluding hydrogens is 600 g/mol. The largest absolute Gasteiger partial charge is 0.465 e. The Morgan fingerprint density at radius 3 is 0.935 bits per heavy atom. The van der Waals surface area contributed by atoms with E-state index in [1.165, 1.54) is 27.7 Å². The molecule has 0 amide bonds. The summed E-state index contributed by atoms with van der Waals surface area (Å²) in [6, 6.07) is 0. The molecule has 0 radical (unpaired) electrons. The molecule has 254 valence electrons. The maximum absolute atomic E-state index is 13.3. The van der Waals surface area contributed by atoms with Crippen molar-refractivity contribution in [2.75, 3.05) is 39.6 Å². The van der Waals surface area contributed by atoms with E-state index >= 15 is 0 Å². The van der Waals surface area contributed by atoms with Crippen LogP contribution in [0.4, 0.5) is 0 Å². The molecule has 2 unspecified atom stereocenters. The highest BCUT2D eigenvalue weighted by Gasteiger charge is 2.40. The van der Waals surface area contributed by atoms with Crippen LogP contribution in [0.2, 0.25) is 0 Å². The highest BCUT2D eigenvalue weighted by Crippen LogP contribution is 2.30. The molecule has 0 bridgehead atoms. The minimum atomic E-state index is -1.13. The van der Waals surface area contributed by atoms with Gasteiger partial charge in [-0.2, -0.15) is 0 Å². The standard InChI is InChI=1S/C34H46O12/c1-21(2)27(35)41-15-33(9,16-42-28(36)22(3)4)19-45-31(39)25-13-11-12-14-26(25)32(40)46-20-34(10,17-43-29(37)23(5)6)18-44-30(38)24(7)8/h11-12,25-26H,1,3,5,7,13-20H2,2,4,6,8-10H3. The van der Waals surface area contributed by atoms with Crippen LogP contribution in [0.25, 0.3) is 0 Å². The Morgan fingerprint density at radius 1 is 0.500 bits per heavy atom. The molecule has 46 heavy (non-hydrogen) atoms. The van der Waals surface area contributed by atoms with Gasteiger partial charge in [-0.05, 0) is 54.4 Å². The zero-order valence-electron chi connectivity index (χ0n) is 27.7. The third-order valence-electron chi connectivity index (χ3n) is 6.76. The van der Waals surface area contributed by atoms with Gasteiger partial charge in [0.25, 0.3) is 0 Å². The maximum atomic E-state index is 13.3. The predicted molar refractivity (Wildman–Crippen MR) is 167 cm³/mol. The van der Waals surface area contributed by atoms with Gasteiger partial charge in [-0.3, -0.25) is 9.59 Å². The minimum Gasteiger partial charge on any atom is -0.465 e.